The van der Waals surface area contributed by atoms with Crippen LogP contribution in [0.4, 0.5) is 0 Å². The molecule has 0 saturated carbocycles. The summed E-state index contributed by atoms with van der Waals surface area (Å²) < 4.78 is 49.6. The predicted octanol–water partition coefficient (Wildman–Crippen LogP) is 3.13. The molecular formula is C20H22O10S2. The van der Waals surface area contributed by atoms with E-state index in [4.69, 9.17) is 18.4 Å². The maximum absolute atomic E-state index is 11.9. The molecule has 1 aliphatic rings. The van der Waals surface area contributed by atoms with E-state index in [-0.39, 0.29) is 17.6 Å². The number of esters is 1. The van der Waals surface area contributed by atoms with Crippen molar-refractivity contribution in [2.75, 3.05) is 32.5 Å². The summed E-state index contributed by atoms with van der Waals surface area (Å²) in [7, 11) is -1.33. The lowest BCUT2D eigenvalue weighted by atomic mass is 9.98. The molecule has 1 aliphatic heterocycles. The molecule has 2 aromatic carbocycles. The zero-order chi connectivity index (χ0) is 23.0. The van der Waals surface area contributed by atoms with Crippen molar-refractivity contribution >= 4 is 28.1 Å². The van der Waals surface area contributed by atoms with Gasteiger partial charge in [-0.3, -0.25) is 0 Å². The summed E-state index contributed by atoms with van der Waals surface area (Å²) in [6, 6.07) is 13.5. The third-order valence-corrected chi connectivity index (χ3v) is 6.55. The highest BCUT2D eigenvalue weighted by molar-refractivity contribution is 8.08. The van der Waals surface area contributed by atoms with Crippen LogP contribution in [-0.4, -0.2) is 46.9 Å². The quantitative estimate of drug-likeness (QED) is 0.123. The second-order valence-electron chi connectivity index (χ2n) is 6.56. The van der Waals surface area contributed by atoms with Crippen LogP contribution in [0.5, 0.6) is 5.75 Å². The van der Waals surface area contributed by atoms with Gasteiger partial charge in [-0.05, 0) is 29.8 Å². The van der Waals surface area contributed by atoms with Crippen LogP contribution in [0.3, 0.4) is 0 Å². The highest BCUT2D eigenvalue weighted by atomic mass is 32.3. The summed E-state index contributed by atoms with van der Waals surface area (Å²) in [5.41, 5.74) is 2.19. The second-order valence-corrected chi connectivity index (χ2v) is 9.15. The minimum Gasteiger partial charge on any atom is -0.465 e. The predicted molar refractivity (Wildman–Crippen MR) is 113 cm³/mol. The van der Waals surface area contributed by atoms with Crippen molar-refractivity contribution in [1.82, 2.24) is 0 Å². The first kappa shape index (κ1) is 24.5. The number of rotatable bonds is 10. The number of benzene rings is 2. The van der Waals surface area contributed by atoms with Crippen LogP contribution in [0.25, 0.3) is 0 Å². The molecular weight excluding hydrogens is 464 g/mol. The normalized spacial score (nSPS) is 18.8. The maximum atomic E-state index is 11.9. The van der Waals surface area contributed by atoms with Crippen LogP contribution in [0.1, 0.15) is 33.7 Å². The summed E-state index contributed by atoms with van der Waals surface area (Å²) in [6.45, 7) is 0.852. The first-order chi connectivity index (χ1) is 15.4. The lowest BCUT2D eigenvalue weighted by molar-refractivity contribution is -0.447. The van der Waals surface area contributed by atoms with Gasteiger partial charge in [0.05, 0.1) is 45.0 Å². The van der Waals surface area contributed by atoms with Gasteiger partial charge in [0.2, 0.25) is 0 Å². The molecule has 10 nitrogen and oxygen atoms in total. The zero-order valence-electron chi connectivity index (χ0n) is 17.3. The topological polar surface area (TPSA) is 116 Å². The number of carbonyl (C=O) groups is 1. The number of hydrogen-bond acceptors (Lipinski definition) is 11. The Bertz CT molecular complexity index is 968. The molecule has 0 aromatic heterocycles. The van der Waals surface area contributed by atoms with E-state index >= 15 is 0 Å². The molecule has 0 aliphatic carbocycles. The first-order valence-electron chi connectivity index (χ1n) is 9.34. The largest absolute Gasteiger partial charge is 0.465 e. The van der Waals surface area contributed by atoms with Crippen molar-refractivity contribution in [2.24, 2.45) is 0 Å². The molecule has 0 bridgehead atoms. The number of hydrogen-bond donors (Lipinski definition) is 0. The van der Waals surface area contributed by atoms with Gasteiger partial charge in [0.1, 0.15) is 5.75 Å². The summed E-state index contributed by atoms with van der Waals surface area (Å²) in [6.07, 6.45) is -0.582. The number of carbonyl (C=O) groups excluding carboxylic acids is 1. The van der Waals surface area contributed by atoms with Crippen molar-refractivity contribution in [3.05, 3.63) is 65.2 Å². The third-order valence-electron chi connectivity index (χ3n) is 4.41. The molecule has 0 radical (unpaired) electrons. The molecule has 0 atom stereocenters. The van der Waals surface area contributed by atoms with Crippen molar-refractivity contribution in [3.8, 4) is 5.75 Å². The Morgan fingerprint density at radius 3 is 2.22 bits per heavy atom. The smallest absolute Gasteiger partial charge is 0.337 e. The van der Waals surface area contributed by atoms with Crippen LogP contribution < -0.4 is 4.18 Å². The van der Waals surface area contributed by atoms with Crippen LogP contribution >= 0.6 is 12.0 Å². The highest BCUT2D eigenvalue weighted by Gasteiger charge is 2.25. The minimum atomic E-state index is -3.89. The van der Waals surface area contributed by atoms with E-state index in [2.05, 4.69) is 14.3 Å². The molecule has 2 aromatic rings. The van der Waals surface area contributed by atoms with Gasteiger partial charge in [0, 0.05) is 11.5 Å². The molecule has 174 valence electrons. The van der Waals surface area contributed by atoms with Crippen LogP contribution in [0.15, 0.2) is 48.5 Å². The van der Waals surface area contributed by atoms with Crippen molar-refractivity contribution in [1.29, 1.82) is 0 Å². The Hall–Kier alpha value is -2.19. The van der Waals surface area contributed by atoms with Gasteiger partial charge < -0.3 is 18.4 Å². The fourth-order valence-electron chi connectivity index (χ4n) is 2.87. The van der Waals surface area contributed by atoms with Gasteiger partial charge in [-0.2, -0.15) is 8.42 Å². The third kappa shape index (κ3) is 6.90. The average molecular weight is 487 g/mol. The van der Waals surface area contributed by atoms with Gasteiger partial charge >= 0.3 is 16.1 Å². The summed E-state index contributed by atoms with van der Waals surface area (Å²) in [5, 5.41) is 3.62. The Morgan fingerprint density at radius 1 is 1.00 bits per heavy atom. The summed E-state index contributed by atoms with van der Waals surface area (Å²) in [5.74, 6) is -0.228. The standard InChI is InChI=1S/C20H22O10S2/c1-24-19(21)15-5-3-14(4-6-15)17-11-26-20(27-12-17)16-7-9-18(10-8-16)28-32(22,23)13-31-30-29-25-2/h3-10,17,20H,11-13H2,1-2H3. The lowest BCUT2D eigenvalue weighted by Gasteiger charge is -2.30. The molecule has 0 spiro atoms. The average Bonchev–Trinajstić information content (AvgIpc) is 2.82. The van der Waals surface area contributed by atoms with E-state index in [1.165, 1.54) is 26.4 Å². The van der Waals surface area contributed by atoms with Gasteiger partial charge in [-0.25, -0.2) is 9.68 Å². The van der Waals surface area contributed by atoms with Crippen LogP contribution in [0.2, 0.25) is 0 Å². The first-order valence-corrected chi connectivity index (χ1v) is 11.8. The van der Waals surface area contributed by atoms with Gasteiger partial charge in [-0.15, -0.1) is 4.33 Å². The van der Waals surface area contributed by atoms with Crippen molar-refractivity contribution < 1.29 is 45.9 Å². The zero-order valence-corrected chi connectivity index (χ0v) is 18.9. The molecule has 0 amide bonds. The van der Waals surface area contributed by atoms with Crippen LogP contribution in [-0.2, 0) is 38.6 Å². The monoisotopic (exact) mass is 486 g/mol. The molecule has 0 N–H and O–H groups in total. The van der Waals surface area contributed by atoms with Crippen molar-refractivity contribution in [2.45, 2.75) is 12.2 Å². The highest BCUT2D eigenvalue weighted by Crippen LogP contribution is 2.31. The molecule has 1 saturated heterocycles. The molecule has 12 heteroatoms. The Balaban J connectivity index is 1.51. The maximum Gasteiger partial charge on any atom is 0.337 e. The fourth-order valence-corrected chi connectivity index (χ4v) is 4.19. The van der Waals surface area contributed by atoms with Crippen LogP contribution in [0, 0.1) is 0 Å². The summed E-state index contributed by atoms with van der Waals surface area (Å²) in [4.78, 5) is 15.7. The second kappa shape index (κ2) is 11.6. The minimum absolute atomic E-state index is 0.0208. The summed E-state index contributed by atoms with van der Waals surface area (Å²) >= 11 is 0.508. The lowest BCUT2D eigenvalue weighted by Crippen LogP contribution is -2.25. The molecule has 3 rings (SSSR count). The number of ether oxygens (including phenoxy) is 3. The van der Waals surface area contributed by atoms with E-state index < -0.39 is 21.5 Å². The van der Waals surface area contributed by atoms with Gasteiger partial charge in [0.25, 0.3) is 0 Å². The fraction of sp³-hybridized carbons (Fsp3) is 0.350. The van der Waals surface area contributed by atoms with E-state index in [9.17, 15) is 13.2 Å². The SMILES string of the molecule is COOOSCS(=O)(=O)Oc1ccc(C2OCC(c3ccc(C(=O)OC)cc3)CO2)cc1. The Morgan fingerprint density at radius 2 is 1.62 bits per heavy atom. The van der Waals surface area contributed by atoms with E-state index in [0.29, 0.717) is 30.8 Å². The van der Waals surface area contributed by atoms with E-state index in [1.807, 2.05) is 12.1 Å². The van der Waals surface area contributed by atoms with E-state index in [0.717, 1.165) is 11.1 Å². The number of methoxy groups -OCH3 is 1. The Labute approximate surface area is 189 Å². The molecule has 1 heterocycles. The van der Waals surface area contributed by atoms with Gasteiger partial charge in [-0.1, -0.05) is 29.3 Å². The van der Waals surface area contributed by atoms with Crippen molar-refractivity contribution in [3.63, 3.8) is 0 Å². The molecule has 32 heavy (non-hydrogen) atoms. The molecule has 0 unspecified atom stereocenters. The molecule has 1 fully saturated rings. The van der Waals surface area contributed by atoms with E-state index in [1.54, 1.807) is 24.3 Å². The van der Waals surface area contributed by atoms with Gasteiger partial charge in [0.15, 0.2) is 11.4 Å². The Kier molecular flexibility index (Phi) is 8.87.